The lowest BCUT2D eigenvalue weighted by atomic mass is 10.3. The molecule has 0 spiro atoms. The van der Waals surface area contributed by atoms with E-state index in [-0.39, 0.29) is 17.8 Å². The van der Waals surface area contributed by atoms with Crippen LogP contribution in [0.3, 0.4) is 0 Å². The van der Waals surface area contributed by atoms with Gasteiger partial charge in [-0.2, -0.15) is 9.97 Å². The first-order valence-electron chi connectivity index (χ1n) is 4.34. The largest absolute Gasteiger partial charge is 0.393 e. The predicted molar refractivity (Wildman–Crippen MR) is 58.8 cm³/mol. The van der Waals surface area contributed by atoms with Crippen molar-refractivity contribution in [3.05, 3.63) is 0 Å². The highest BCUT2D eigenvalue weighted by Crippen LogP contribution is 2.25. The number of nitrogen functional groups attached to an aromatic ring is 3. The van der Waals surface area contributed by atoms with Crippen LogP contribution in [0.1, 0.15) is 13.8 Å². The monoisotopic (exact) mass is 196 g/mol. The van der Waals surface area contributed by atoms with E-state index in [4.69, 9.17) is 17.2 Å². The maximum Gasteiger partial charge on any atom is 0.224 e. The SMILES string of the molecule is CC(C)N(C)c1nc(N)nc(N)c1N. The number of aromatic nitrogens is 2. The van der Waals surface area contributed by atoms with Crippen molar-refractivity contribution in [3.8, 4) is 0 Å². The molecule has 0 aromatic carbocycles. The summed E-state index contributed by atoms with van der Waals surface area (Å²) in [6.45, 7) is 4.04. The van der Waals surface area contributed by atoms with E-state index in [2.05, 4.69) is 9.97 Å². The lowest BCUT2D eigenvalue weighted by Gasteiger charge is -2.24. The fraction of sp³-hybridized carbons (Fsp3) is 0.500. The topological polar surface area (TPSA) is 107 Å². The molecule has 0 aliphatic rings. The minimum absolute atomic E-state index is 0.138. The second kappa shape index (κ2) is 3.57. The maximum atomic E-state index is 5.74. The van der Waals surface area contributed by atoms with E-state index < -0.39 is 0 Å². The van der Waals surface area contributed by atoms with Crippen molar-refractivity contribution in [1.29, 1.82) is 0 Å². The molecule has 1 heterocycles. The van der Waals surface area contributed by atoms with Crippen molar-refractivity contribution in [2.75, 3.05) is 29.1 Å². The van der Waals surface area contributed by atoms with Crippen LogP contribution in [-0.4, -0.2) is 23.1 Å². The Balaban J connectivity index is 3.20. The van der Waals surface area contributed by atoms with Crippen LogP contribution < -0.4 is 22.1 Å². The van der Waals surface area contributed by atoms with Crippen LogP contribution in [0.25, 0.3) is 0 Å². The van der Waals surface area contributed by atoms with E-state index in [0.717, 1.165) is 0 Å². The lowest BCUT2D eigenvalue weighted by molar-refractivity contribution is 0.744. The fourth-order valence-corrected chi connectivity index (χ4v) is 1.01. The van der Waals surface area contributed by atoms with Crippen LogP contribution in [0.15, 0.2) is 0 Å². The first-order valence-corrected chi connectivity index (χ1v) is 4.34. The van der Waals surface area contributed by atoms with Crippen LogP contribution in [0, 0.1) is 0 Å². The second-order valence-corrected chi connectivity index (χ2v) is 3.41. The average Bonchev–Trinajstić information content (AvgIpc) is 2.09. The van der Waals surface area contributed by atoms with Gasteiger partial charge in [-0.3, -0.25) is 0 Å². The Labute approximate surface area is 83.1 Å². The molecular weight excluding hydrogens is 180 g/mol. The Morgan fingerprint density at radius 2 is 1.71 bits per heavy atom. The van der Waals surface area contributed by atoms with E-state index in [1.807, 2.05) is 25.8 Å². The molecule has 0 saturated heterocycles. The molecule has 0 aliphatic carbocycles. The highest BCUT2D eigenvalue weighted by atomic mass is 15.2. The van der Waals surface area contributed by atoms with Gasteiger partial charge >= 0.3 is 0 Å². The van der Waals surface area contributed by atoms with E-state index in [1.54, 1.807) is 0 Å². The lowest BCUT2D eigenvalue weighted by Crippen LogP contribution is -2.28. The number of rotatable bonds is 2. The molecule has 1 aromatic rings. The van der Waals surface area contributed by atoms with Gasteiger partial charge in [-0.25, -0.2) is 0 Å². The number of anilines is 4. The molecule has 1 aromatic heterocycles. The Morgan fingerprint density at radius 3 is 2.21 bits per heavy atom. The summed E-state index contributed by atoms with van der Waals surface area (Å²) in [7, 11) is 1.88. The Hall–Kier alpha value is -1.72. The molecule has 6 nitrogen and oxygen atoms in total. The van der Waals surface area contributed by atoms with E-state index in [0.29, 0.717) is 11.5 Å². The van der Waals surface area contributed by atoms with Crippen LogP contribution >= 0.6 is 0 Å². The molecule has 6 heteroatoms. The van der Waals surface area contributed by atoms with Gasteiger partial charge < -0.3 is 22.1 Å². The summed E-state index contributed by atoms with van der Waals surface area (Å²) >= 11 is 0. The van der Waals surface area contributed by atoms with Crippen molar-refractivity contribution in [1.82, 2.24) is 9.97 Å². The summed E-state index contributed by atoms with van der Waals surface area (Å²) in [5, 5.41) is 0. The summed E-state index contributed by atoms with van der Waals surface area (Å²) < 4.78 is 0. The van der Waals surface area contributed by atoms with Gasteiger partial charge in [-0.05, 0) is 13.8 Å². The van der Waals surface area contributed by atoms with Gasteiger partial charge in [0.15, 0.2) is 11.6 Å². The van der Waals surface area contributed by atoms with E-state index >= 15 is 0 Å². The normalized spacial score (nSPS) is 10.6. The Kier molecular flexibility index (Phi) is 2.64. The van der Waals surface area contributed by atoms with Crippen molar-refractivity contribution >= 4 is 23.3 Å². The molecule has 1 rings (SSSR count). The summed E-state index contributed by atoms with van der Waals surface area (Å²) in [6, 6.07) is 0.269. The Morgan fingerprint density at radius 1 is 1.14 bits per heavy atom. The third-order valence-corrected chi connectivity index (χ3v) is 2.08. The second-order valence-electron chi connectivity index (χ2n) is 3.41. The van der Waals surface area contributed by atoms with Gasteiger partial charge in [0.2, 0.25) is 5.95 Å². The van der Waals surface area contributed by atoms with Gasteiger partial charge in [0.1, 0.15) is 5.69 Å². The average molecular weight is 196 g/mol. The zero-order chi connectivity index (χ0) is 10.9. The summed E-state index contributed by atoms with van der Waals surface area (Å²) in [4.78, 5) is 9.70. The zero-order valence-electron chi connectivity index (χ0n) is 8.65. The van der Waals surface area contributed by atoms with Crippen molar-refractivity contribution < 1.29 is 0 Å². The van der Waals surface area contributed by atoms with Gasteiger partial charge in [0.25, 0.3) is 0 Å². The number of nitrogens with zero attached hydrogens (tertiary/aromatic N) is 3. The molecule has 6 N–H and O–H groups in total. The predicted octanol–water partition coefficient (Wildman–Crippen LogP) is 0.0678. The number of hydrogen-bond acceptors (Lipinski definition) is 6. The smallest absolute Gasteiger partial charge is 0.224 e. The van der Waals surface area contributed by atoms with Crippen molar-refractivity contribution in [2.24, 2.45) is 0 Å². The van der Waals surface area contributed by atoms with Gasteiger partial charge in [-0.1, -0.05) is 0 Å². The molecule has 0 fully saturated rings. The number of nitrogens with two attached hydrogens (primary N) is 3. The molecule has 14 heavy (non-hydrogen) atoms. The van der Waals surface area contributed by atoms with Crippen molar-refractivity contribution in [2.45, 2.75) is 19.9 Å². The van der Waals surface area contributed by atoms with Crippen LogP contribution in [0.4, 0.5) is 23.3 Å². The first kappa shape index (κ1) is 10.4. The van der Waals surface area contributed by atoms with E-state index in [9.17, 15) is 0 Å². The van der Waals surface area contributed by atoms with E-state index in [1.165, 1.54) is 0 Å². The molecule has 78 valence electrons. The zero-order valence-corrected chi connectivity index (χ0v) is 8.65. The highest BCUT2D eigenvalue weighted by Gasteiger charge is 2.14. The highest BCUT2D eigenvalue weighted by molar-refractivity contribution is 5.74. The molecule has 0 radical (unpaired) electrons. The molecule has 0 unspecified atom stereocenters. The molecule has 0 saturated carbocycles. The molecule has 0 bridgehead atoms. The summed E-state index contributed by atoms with van der Waals surface area (Å²) in [6.07, 6.45) is 0. The summed E-state index contributed by atoms with van der Waals surface area (Å²) in [5.41, 5.74) is 17.2. The van der Waals surface area contributed by atoms with Gasteiger partial charge in [0, 0.05) is 13.1 Å². The van der Waals surface area contributed by atoms with Crippen molar-refractivity contribution in [3.63, 3.8) is 0 Å². The van der Waals surface area contributed by atoms with Crippen LogP contribution in [0.2, 0.25) is 0 Å². The van der Waals surface area contributed by atoms with Crippen LogP contribution in [-0.2, 0) is 0 Å². The fourth-order valence-electron chi connectivity index (χ4n) is 1.01. The minimum atomic E-state index is 0.138. The van der Waals surface area contributed by atoms with Crippen LogP contribution in [0.5, 0.6) is 0 Å². The quantitative estimate of drug-likeness (QED) is 0.617. The summed E-state index contributed by atoms with van der Waals surface area (Å²) in [5.74, 6) is 0.934. The maximum absolute atomic E-state index is 5.74. The standard InChI is InChI=1S/C8H16N6/c1-4(2)14(3)7-5(9)6(10)12-8(11)13-7/h4H,9H2,1-3H3,(H4,10,11,12,13). The number of hydrogen-bond donors (Lipinski definition) is 3. The molecule has 0 atom stereocenters. The van der Waals surface area contributed by atoms with Gasteiger partial charge in [0.05, 0.1) is 0 Å². The minimum Gasteiger partial charge on any atom is -0.393 e. The third-order valence-electron chi connectivity index (χ3n) is 2.08. The Bertz CT molecular complexity index is 335. The first-order chi connectivity index (χ1) is 6.43. The molecule has 0 aliphatic heterocycles. The van der Waals surface area contributed by atoms with Gasteiger partial charge in [-0.15, -0.1) is 0 Å². The molecule has 0 amide bonds. The molecular formula is C8H16N6. The third kappa shape index (κ3) is 1.78.